The van der Waals surface area contributed by atoms with Crippen molar-refractivity contribution in [3.8, 4) is 0 Å². The number of rotatable bonds is 8. The van der Waals surface area contributed by atoms with E-state index in [1.54, 1.807) is 6.07 Å². The number of halogens is 1. The highest BCUT2D eigenvalue weighted by molar-refractivity contribution is 8.04. The monoisotopic (exact) mass is 490 g/mol. The Morgan fingerprint density at radius 2 is 1.62 bits per heavy atom. The van der Waals surface area contributed by atoms with Crippen molar-refractivity contribution in [1.82, 2.24) is 0 Å². The van der Waals surface area contributed by atoms with Gasteiger partial charge < -0.3 is 5.32 Å². The number of nitrogens with zero attached hydrogens (tertiary/aromatic N) is 1. The van der Waals surface area contributed by atoms with Gasteiger partial charge in [0.25, 0.3) is 11.8 Å². The summed E-state index contributed by atoms with van der Waals surface area (Å²) in [6.45, 7) is 6.08. The number of nitrogens with one attached hydrogen (secondary N) is 1. The van der Waals surface area contributed by atoms with E-state index in [1.165, 1.54) is 22.2 Å². The minimum Gasteiger partial charge on any atom is -0.350 e. The Morgan fingerprint density at radius 1 is 0.912 bits per heavy atom. The summed E-state index contributed by atoms with van der Waals surface area (Å²) >= 11 is 7.41. The number of imide groups is 1. The summed E-state index contributed by atoms with van der Waals surface area (Å²) in [6.07, 6.45) is 3.20. The number of thioether (sulfide) groups is 1. The maximum Gasteiger partial charge on any atom is 0.283 e. The minimum absolute atomic E-state index is 0.274. The standard InChI is InChI=1S/C28H27ClN2O2S/c1-4-5-6-20-9-12-22(13-10-20)31-27(32)25(30-24-16-11-21(29)17-19(24)3)26(28(31)33)34-23-14-7-18(2)8-15-23/h7-17,30H,4-6H2,1-3H3. The molecule has 174 valence electrons. The smallest absolute Gasteiger partial charge is 0.283 e. The zero-order chi connectivity index (χ0) is 24.2. The molecule has 1 aliphatic rings. The van der Waals surface area contributed by atoms with Crippen LogP contribution in [0.1, 0.15) is 36.5 Å². The van der Waals surface area contributed by atoms with E-state index in [-0.39, 0.29) is 17.5 Å². The second-order valence-electron chi connectivity index (χ2n) is 8.42. The van der Waals surface area contributed by atoms with E-state index < -0.39 is 0 Å². The normalized spacial score (nSPS) is 13.7. The molecule has 34 heavy (non-hydrogen) atoms. The summed E-state index contributed by atoms with van der Waals surface area (Å²) in [4.78, 5) is 29.6. The SMILES string of the molecule is CCCCc1ccc(N2C(=O)C(Nc3ccc(Cl)cc3C)=C(Sc3ccc(C)cc3)C2=O)cc1. The highest BCUT2D eigenvalue weighted by Gasteiger charge is 2.40. The molecule has 1 N–H and O–H groups in total. The lowest BCUT2D eigenvalue weighted by molar-refractivity contribution is -0.120. The first-order chi connectivity index (χ1) is 16.4. The largest absolute Gasteiger partial charge is 0.350 e. The van der Waals surface area contributed by atoms with E-state index in [2.05, 4.69) is 12.2 Å². The number of aryl methyl sites for hydroxylation is 3. The van der Waals surface area contributed by atoms with E-state index in [0.717, 1.165) is 41.0 Å². The van der Waals surface area contributed by atoms with E-state index >= 15 is 0 Å². The van der Waals surface area contributed by atoms with Crippen LogP contribution in [0.2, 0.25) is 5.02 Å². The predicted molar refractivity (Wildman–Crippen MR) is 141 cm³/mol. The Labute approximate surface area is 210 Å². The fourth-order valence-electron chi connectivity index (χ4n) is 3.77. The van der Waals surface area contributed by atoms with Gasteiger partial charge >= 0.3 is 0 Å². The summed E-state index contributed by atoms with van der Waals surface area (Å²) < 4.78 is 0. The Kier molecular flexibility index (Phi) is 7.44. The van der Waals surface area contributed by atoms with Crippen molar-refractivity contribution >= 4 is 46.6 Å². The van der Waals surface area contributed by atoms with Gasteiger partial charge in [-0.3, -0.25) is 9.59 Å². The molecule has 0 bridgehead atoms. The third-order valence-electron chi connectivity index (χ3n) is 5.74. The van der Waals surface area contributed by atoms with Crippen LogP contribution in [0.15, 0.2) is 82.2 Å². The number of hydrogen-bond donors (Lipinski definition) is 1. The van der Waals surface area contributed by atoms with Crippen LogP contribution in [0.3, 0.4) is 0 Å². The first kappa shape index (κ1) is 24.1. The molecule has 3 aromatic rings. The quantitative estimate of drug-likeness (QED) is 0.337. The number of carbonyl (C=O) groups excluding carboxylic acids is 2. The highest BCUT2D eigenvalue weighted by atomic mass is 35.5. The lowest BCUT2D eigenvalue weighted by atomic mass is 10.1. The molecule has 0 radical (unpaired) electrons. The molecule has 0 aliphatic carbocycles. The summed E-state index contributed by atoms with van der Waals surface area (Å²) in [5, 5.41) is 3.84. The van der Waals surface area contributed by atoms with E-state index in [4.69, 9.17) is 11.6 Å². The van der Waals surface area contributed by atoms with Crippen LogP contribution in [0.4, 0.5) is 11.4 Å². The molecule has 2 amide bonds. The predicted octanol–water partition coefficient (Wildman–Crippen LogP) is 7.29. The molecule has 0 spiro atoms. The Balaban J connectivity index is 1.69. The number of amides is 2. The molecule has 6 heteroatoms. The van der Waals surface area contributed by atoms with Gasteiger partial charge in [-0.15, -0.1) is 0 Å². The molecule has 0 saturated heterocycles. The lowest BCUT2D eigenvalue weighted by Gasteiger charge is -2.16. The van der Waals surface area contributed by atoms with E-state index in [9.17, 15) is 9.59 Å². The first-order valence-electron chi connectivity index (χ1n) is 11.4. The van der Waals surface area contributed by atoms with Crippen LogP contribution in [0.25, 0.3) is 0 Å². The average Bonchev–Trinajstić information content (AvgIpc) is 3.05. The molecule has 0 aromatic heterocycles. The molecular weight excluding hydrogens is 464 g/mol. The number of carbonyl (C=O) groups is 2. The summed E-state index contributed by atoms with van der Waals surface area (Å²) in [7, 11) is 0. The van der Waals surface area contributed by atoms with Gasteiger partial charge in [0.15, 0.2) is 0 Å². The van der Waals surface area contributed by atoms with Gasteiger partial charge in [-0.2, -0.15) is 0 Å². The highest BCUT2D eigenvalue weighted by Crippen LogP contribution is 2.38. The summed E-state index contributed by atoms with van der Waals surface area (Å²) in [5.74, 6) is -0.693. The average molecular weight is 491 g/mol. The molecule has 4 nitrogen and oxygen atoms in total. The van der Waals surface area contributed by atoms with Gasteiger partial charge in [0.1, 0.15) is 10.6 Å². The van der Waals surface area contributed by atoms with Gasteiger partial charge in [-0.05, 0) is 80.3 Å². The van der Waals surface area contributed by atoms with Crippen LogP contribution in [0.5, 0.6) is 0 Å². The van der Waals surface area contributed by atoms with Crippen molar-refractivity contribution in [3.63, 3.8) is 0 Å². The van der Waals surface area contributed by atoms with Crippen molar-refractivity contribution in [2.24, 2.45) is 0 Å². The van der Waals surface area contributed by atoms with Gasteiger partial charge in [0, 0.05) is 15.6 Å². The molecular formula is C28H27ClN2O2S. The fraction of sp³-hybridized carbons (Fsp3) is 0.214. The molecule has 0 fully saturated rings. The van der Waals surface area contributed by atoms with Gasteiger partial charge in [0.05, 0.1) is 5.69 Å². The molecule has 1 heterocycles. The van der Waals surface area contributed by atoms with Crippen LogP contribution in [0, 0.1) is 13.8 Å². The topological polar surface area (TPSA) is 49.4 Å². The number of anilines is 2. The second kappa shape index (κ2) is 10.5. The van der Waals surface area contributed by atoms with E-state index in [0.29, 0.717) is 15.6 Å². The maximum absolute atomic E-state index is 13.6. The Bertz CT molecular complexity index is 1250. The molecule has 0 atom stereocenters. The Morgan fingerprint density at radius 3 is 2.26 bits per heavy atom. The van der Waals surface area contributed by atoms with Gasteiger partial charge in [-0.1, -0.05) is 66.5 Å². The van der Waals surface area contributed by atoms with E-state index in [1.807, 2.05) is 74.5 Å². The third-order valence-corrected chi connectivity index (χ3v) is 7.07. The first-order valence-corrected chi connectivity index (χ1v) is 12.6. The van der Waals surface area contributed by atoms with Crippen molar-refractivity contribution in [1.29, 1.82) is 0 Å². The fourth-order valence-corrected chi connectivity index (χ4v) is 4.92. The van der Waals surface area contributed by atoms with Crippen LogP contribution in [-0.4, -0.2) is 11.8 Å². The second-order valence-corrected chi connectivity index (χ2v) is 9.94. The zero-order valence-electron chi connectivity index (χ0n) is 19.5. The van der Waals surface area contributed by atoms with Crippen molar-refractivity contribution in [3.05, 3.63) is 99.0 Å². The molecule has 0 saturated carbocycles. The maximum atomic E-state index is 13.6. The van der Waals surface area contributed by atoms with Crippen LogP contribution in [-0.2, 0) is 16.0 Å². The van der Waals surface area contributed by atoms with Crippen LogP contribution < -0.4 is 10.2 Å². The molecule has 4 rings (SSSR count). The molecule has 0 unspecified atom stereocenters. The van der Waals surface area contributed by atoms with Crippen molar-refractivity contribution < 1.29 is 9.59 Å². The lowest BCUT2D eigenvalue weighted by Crippen LogP contribution is -2.32. The number of hydrogen-bond acceptors (Lipinski definition) is 4. The Hall–Kier alpha value is -3.02. The zero-order valence-corrected chi connectivity index (χ0v) is 21.1. The summed E-state index contributed by atoms with van der Waals surface area (Å²) in [5.41, 5.74) is 4.80. The van der Waals surface area contributed by atoms with Gasteiger partial charge in [-0.25, -0.2) is 4.90 Å². The number of unbranched alkanes of at least 4 members (excludes halogenated alkanes) is 1. The van der Waals surface area contributed by atoms with Crippen molar-refractivity contribution in [2.45, 2.75) is 44.9 Å². The van der Waals surface area contributed by atoms with Gasteiger partial charge in [0.2, 0.25) is 0 Å². The third kappa shape index (κ3) is 5.21. The van der Waals surface area contributed by atoms with Crippen LogP contribution >= 0.6 is 23.4 Å². The molecule has 3 aromatic carbocycles. The molecule has 1 aliphatic heterocycles. The number of benzene rings is 3. The summed E-state index contributed by atoms with van der Waals surface area (Å²) in [6, 6.07) is 21.0. The van der Waals surface area contributed by atoms with Crippen molar-refractivity contribution in [2.75, 3.05) is 10.2 Å². The minimum atomic E-state index is -0.365.